The minimum absolute atomic E-state index is 0.0104. The lowest BCUT2D eigenvalue weighted by Crippen LogP contribution is -2.32. The average Bonchev–Trinajstić information content (AvgIpc) is 2.99. The van der Waals surface area contributed by atoms with Gasteiger partial charge in [0.2, 0.25) is 5.91 Å². The first-order valence-corrected chi connectivity index (χ1v) is 9.41. The van der Waals surface area contributed by atoms with Gasteiger partial charge >= 0.3 is 0 Å². The Morgan fingerprint density at radius 2 is 2.19 bits per heavy atom. The summed E-state index contributed by atoms with van der Waals surface area (Å²) in [6, 6.07) is 7.53. The second-order valence-electron chi connectivity index (χ2n) is 7.94. The number of carbonyl (C=O) groups excluding carboxylic acids is 2. The molecule has 1 aliphatic carbocycles. The van der Waals surface area contributed by atoms with Crippen LogP contribution in [0, 0.1) is 25.2 Å². The number of aryl methyl sites for hydroxylation is 2. The minimum atomic E-state index is -0.0438. The Labute approximate surface area is 159 Å². The molecule has 0 aromatic carbocycles. The van der Waals surface area contributed by atoms with Crippen molar-refractivity contribution >= 4 is 11.8 Å². The van der Waals surface area contributed by atoms with Crippen LogP contribution >= 0.6 is 0 Å². The summed E-state index contributed by atoms with van der Waals surface area (Å²) < 4.78 is 5.50. The van der Waals surface area contributed by atoms with Crippen LogP contribution in [0.1, 0.15) is 40.4 Å². The molecule has 2 aromatic rings. The molecule has 2 atom stereocenters. The lowest BCUT2D eigenvalue weighted by atomic mass is 10.0. The van der Waals surface area contributed by atoms with E-state index >= 15 is 0 Å². The molecule has 2 fully saturated rings. The van der Waals surface area contributed by atoms with Gasteiger partial charge < -0.3 is 14.2 Å². The SMILES string of the molecule is Cc1cc(C(=O)N2CC[C@]3(C[C@@H]3C(=O)N(C)Cc3ccccn3)C2)c(C)o1. The van der Waals surface area contributed by atoms with Crippen molar-refractivity contribution in [2.24, 2.45) is 11.3 Å². The van der Waals surface area contributed by atoms with Gasteiger partial charge in [-0.15, -0.1) is 0 Å². The van der Waals surface area contributed by atoms with E-state index in [-0.39, 0.29) is 23.1 Å². The molecule has 27 heavy (non-hydrogen) atoms. The van der Waals surface area contributed by atoms with Crippen molar-refractivity contribution in [2.75, 3.05) is 20.1 Å². The molecular formula is C21H25N3O3. The van der Waals surface area contributed by atoms with Crippen LogP contribution in [-0.2, 0) is 11.3 Å². The normalized spacial score (nSPS) is 23.7. The van der Waals surface area contributed by atoms with Crippen molar-refractivity contribution < 1.29 is 14.0 Å². The standard InChI is InChI=1S/C21H25N3O3/c1-14-10-17(15(2)27-14)19(25)24-9-7-21(13-24)11-18(21)20(26)23(3)12-16-6-4-5-8-22-16/h4-6,8,10,18H,7,9,11-13H2,1-3H3/t18-,21+/m1/s1. The second-order valence-corrected chi connectivity index (χ2v) is 7.94. The van der Waals surface area contributed by atoms with Gasteiger partial charge in [0.1, 0.15) is 11.5 Å². The van der Waals surface area contributed by atoms with Crippen LogP contribution < -0.4 is 0 Å². The molecule has 4 rings (SSSR count). The molecule has 0 unspecified atom stereocenters. The predicted molar refractivity (Wildman–Crippen MR) is 100.0 cm³/mol. The van der Waals surface area contributed by atoms with E-state index in [2.05, 4.69) is 4.98 Å². The molecule has 3 heterocycles. The molecule has 0 radical (unpaired) electrons. The highest BCUT2D eigenvalue weighted by Gasteiger charge is 2.62. The van der Waals surface area contributed by atoms with Crippen LogP contribution in [-0.4, -0.2) is 46.7 Å². The third-order valence-electron chi connectivity index (χ3n) is 5.93. The highest BCUT2D eigenvalue weighted by atomic mass is 16.3. The Bertz CT molecular complexity index is 876. The van der Waals surface area contributed by atoms with E-state index < -0.39 is 0 Å². The lowest BCUT2D eigenvalue weighted by molar-refractivity contribution is -0.132. The molecule has 6 heteroatoms. The maximum Gasteiger partial charge on any atom is 0.257 e. The highest BCUT2D eigenvalue weighted by Crippen LogP contribution is 2.59. The van der Waals surface area contributed by atoms with Gasteiger partial charge in [-0.05, 0) is 44.9 Å². The summed E-state index contributed by atoms with van der Waals surface area (Å²) in [7, 11) is 1.83. The van der Waals surface area contributed by atoms with Gasteiger partial charge in [0.15, 0.2) is 0 Å². The van der Waals surface area contributed by atoms with Crippen LogP contribution in [0.5, 0.6) is 0 Å². The number of carbonyl (C=O) groups is 2. The minimum Gasteiger partial charge on any atom is -0.466 e. The van der Waals surface area contributed by atoms with E-state index in [1.165, 1.54) is 0 Å². The Hall–Kier alpha value is -2.63. The van der Waals surface area contributed by atoms with Gasteiger partial charge in [0, 0.05) is 37.7 Å². The number of rotatable bonds is 4. The van der Waals surface area contributed by atoms with Crippen molar-refractivity contribution in [3.8, 4) is 0 Å². The van der Waals surface area contributed by atoms with Crippen molar-refractivity contribution in [1.82, 2.24) is 14.8 Å². The maximum absolute atomic E-state index is 12.9. The number of nitrogens with zero attached hydrogens (tertiary/aromatic N) is 3. The first-order valence-electron chi connectivity index (χ1n) is 9.41. The van der Waals surface area contributed by atoms with Gasteiger partial charge in [-0.1, -0.05) is 6.07 Å². The zero-order valence-electron chi connectivity index (χ0n) is 16.1. The Kier molecular flexibility index (Phi) is 4.29. The van der Waals surface area contributed by atoms with Gasteiger partial charge in [-0.25, -0.2) is 0 Å². The fourth-order valence-electron chi connectivity index (χ4n) is 4.31. The Morgan fingerprint density at radius 3 is 2.85 bits per heavy atom. The molecule has 0 bridgehead atoms. The number of amides is 2. The molecule has 2 aliphatic rings. The molecule has 2 amide bonds. The lowest BCUT2D eigenvalue weighted by Gasteiger charge is -2.19. The molecule has 1 aliphatic heterocycles. The Balaban J connectivity index is 1.38. The van der Waals surface area contributed by atoms with Gasteiger partial charge in [-0.3, -0.25) is 14.6 Å². The summed E-state index contributed by atoms with van der Waals surface area (Å²) >= 11 is 0. The summed E-state index contributed by atoms with van der Waals surface area (Å²) in [6.45, 7) is 5.55. The van der Waals surface area contributed by atoms with Gasteiger partial charge in [0.25, 0.3) is 5.91 Å². The molecule has 0 N–H and O–H groups in total. The van der Waals surface area contributed by atoms with Crippen LogP contribution in [0.2, 0.25) is 0 Å². The molecule has 1 saturated heterocycles. The molecular weight excluding hydrogens is 342 g/mol. The molecule has 142 valence electrons. The van der Waals surface area contributed by atoms with Crippen LogP contribution in [0.3, 0.4) is 0 Å². The number of aromatic nitrogens is 1. The molecule has 1 saturated carbocycles. The second kappa shape index (κ2) is 6.51. The summed E-state index contributed by atoms with van der Waals surface area (Å²) in [5, 5.41) is 0. The molecule has 2 aromatic heterocycles. The van der Waals surface area contributed by atoms with E-state index in [0.29, 0.717) is 31.0 Å². The van der Waals surface area contributed by atoms with Crippen molar-refractivity contribution in [2.45, 2.75) is 33.2 Å². The maximum atomic E-state index is 12.9. The van der Waals surface area contributed by atoms with Gasteiger partial charge in [0.05, 0.1) is 17.8 Å². The summed E-state index contributed by atoms with van der Waals surface area (Å²) in [6.07, 6.45) is 3.50. The molecule has 6 nitrogen and oxygen atoms in total. The fourth-order valence-corrected chi connectivity index (χ4v) is 4.31. The van der Waals surface area contributed by atoms with Crippen LogP contribution in [0.15, 0.2) is 34.9 Å². The zero-order chi connectivity index (χ0) is 19.2. The number of hydrogen-bond donors (Lipinski definition) is 0. The third-order valence-corrected chi connectivity index (χ3v) is 5.93. The number of pyridine rings is 1. The number of hydrogen-bond acceptors (Lipinski definition) is 4. The third kappa shape index (κ3) is 3.24. The largest absolute Gasteiger partial charge is 0.466 e. The van der Waals surface area contributed by atoms with Crippen LogP contribution in [0.25, 0.3) is 0 Å². The monoisotopic (exact) mass is 367 g/mol. The smallest absolute Gasteiger partial charge is 0.257 e. The number of likely N-dealkylation sites (tertiary alicyclic amines) is 1. The van der Waals surface area contributed by atoms with E-state index in [1.54, 1.807) is 17.2 Å². The van der Waals surface area contributed by atoms with E-state index in [1.807, 2.05) is 44.0 Å². The van der Waals surface area contributed by atoms with E-state index in [0.717, 1.165) is 24.3 Å². The Morgan fingerprint density at radius 1 is 1.37 bits per heavy atom. The van der Waals surface area contributed by atoms with Crippen molar-refractivity contribution in [3.63, 3.8) is 0 Å². The first kappa shape index (κ1) is 17.8. The first-order chi connectivity index (χ1) is 12.9. The number of furan rings is 1. The fraction of sp³-hybridized carbons (Fsp3) is 0.476. The van der Waals surface area contributed by atoms with E-state index in [4.69, 9.17) is 4.42 Å². The average molecular weight is 367 g/mol. The quantitative estimate of drug-likeness (QED) is 0.833. The predicted octanol–water partition coefficient (Wildman–Crippen LogP) is 2.80. The topological polar surface area (TPSA) is 66.7 Å². The summed E-state index contributed by atoms with van der Waals surface area (Å²) in [5.74, 6) is 1.60. The highest BCUT2D eigenvalue weighted by molar-refractivity contribution is 5.95. The van der Waals surface area contributed by atoms with Crippen molar-refractivity contribution in [1.29, 1.82) is 0 Å². The molecule has 1 spiro atoms. The summed E-state index contributed by atoms with van der Waals surface area (Å²) in [4.78, 5) is 33.6. The van der Waals surface area contributed by atoms with Crippen LogP contribution in [0.4, 0.5) is 0 Å². The van der Waals surface area contributed by atoms with E-state index in [9.17, 15) is 9.59 Å². The zero-order valence-corrected chi connectivity index (χ0v) is 16.1. The van der Waals surface area contributed by atoms with Crippen molar-refractivity contribution in [3.05, 3.63) is 53.2 Å². The van der Waals surface area contributed by atoms with Gasteiger partial charge in [-0.2, -0.15) is 0 Å². The summed E-state index contributed by atoms with van der Waals surface area (Å²) in [5.41, 5.74) is 1.48.